The molecular weight excluding hydrogens is 364 g/mol. The zero-order chi connectivity index (χ0) is 19.2. The number of hydrogen-bond donors (Lipinski definition) is 0. The molecule has 0 aliphatic carbocycles. The standard InChI is InChI=1S/C22H17ClO4/c1-15(24)17-6-10-20(11-7-17)26-14-16-2-4-18(5-3-16)22(25)27-21-12-8-19(23)9-13-21/h2-13H,14H2,1H3. The molecule has 0 aliphatic heterocycles. The number of carbonyl (C=O) groups is 2. The first-order valence-electron chi connectivity index (χ1n) is 8.32. The lowest BCUT2D eigenvalue weighted by Crippen LogP contribution is -2.08. The van der Waals surface area contributed by atoms with E-state index in [-0.39, 0.29) is 5.78 Å². The molecule has 0 aromatic heterocycles. The van der Waals surface area contributed by atoms with Crippen LogP contribution in [0.15, 0.2) is 72.8 Å². The lowest BCUT2D eigenvalue weighted by atomic mass is 10.1. The fraction of sp³-hybridized carbons (Fsp3) is 0.0909. The second-order valence-electron chi connectivity index (χ2n) is 5.91. The smallest absolute Gasteiger partial charge is 0.343 e. The molecule has 0 radical (unpaired) electrons. The van der Waals surface area contributed by atoms with E-state index in [9.17, 15) is 9.59 Å². The highest BCUT2D eigenvalue weighted by molar-refractivity contribution is 6.30. The van der Waals surface area contributed by atoms with Gasteiger partial charge in [-0.15, -0.1) is 0 Å². The highest BCUT2D eigenvalue weighted by atomic mass is 35.5. The maximum Gasteiger partial charge on any atom is 0.343 e. The molecule has 3 aromatic carbocycles. The van der Waals surface area contributed by atoms with E-state index < -0.39 is 5.97 Å². The summed E-state index contributed by atoms with van der Waals surface area (Å²) in [4.78, 5) is 23.4. The summed E-state index contributed by atoms with van der Waals surface area (Å²) in [7, 11) is 0. The van der Waals surface area contributed by atoms with Gasteiger partial charge in [0.05, 0.1) is 5.56 Å². The molecule has 5 heteroatoms. The van der Waals surface area contributed by atoms with Gasteiger partial charge in [-0.1, -0.05) is 23.7 Å². The van der Waals surface area contributed by atoms with Crippen molar-refractivity contribution in [1.82, 2.24) is 0 Å². The van der Waals surface area contributed by atoms with Crippen LogP contribution < -0.4 is 9.47 Å². The normalized spacial score (nSPS) is 10.3. The van der Waals surface area contributed by atoms with E-state index in [1.807, 2.05) is 12.1 Å². The van der Waals surface area contributed by atoms with Crippen molar-refractivity contribution < 1.29 is 19.1 Å². The number of rotatable bonds is 6. The van der Waals surface area contributed by atoms with Gasteiger partial charge in [0.15, 0.2) is 5.78 Å². The maximum absolute atomic E-state index is 12.2. The number of esters is 1. The van der Waals surface area contributed by atoms with Crippen molar-refractivity contribution in [3.8, 4) is 11.5 Å². The van der Waals surface area contributed by atoms with E-state index in [1.165, 1.54) is 6.92 Å². The van der Waals surface area contributed by atoms with Crippen LogP contribution in [0.4, 0.5) is 0 Å². The fourth-order valence-electron chi connectivity index (χ4n) is 2.36. The third kappa shape index (κ3) is 5.19. The summed E-state index contributed by atoms with van der Waals surface area (Å²) >= 11 is 5.81. The van der Waals surface area contributed by atoms with Gasteiger partial charge in [-0.05, 0) is 73.2 Å². The lowest BCUT2D eigenvalue weighted by Gasteiger charge is -2.08. The van der Waals surface area contributed by atoms with Crippen molar-refractivity contribution in [2.24, 2.45) is 0 Å². The molecule has 0 fully saturated rings. The molecule has 0 unspecified atom stereocenters. The van der Waals surface area contributed by atoms with Gasteiger partial charge in [-0.2, -0.15) is 0 Å². The summed E-state index contributed by atoms with van der Waals surface area (Å²) in [5.74, 6) is 0.685. The Morgan fingerprint density at radius 1 is 0.778 bits per heavy atom. The number of halogens is 1. The molecule has 3 rings (SSSR count). The molecule has 0 N–H and O–H groups in total. The maximum atomic E-state index is 12.2. The Bertz CT molecular complexity index is 930. The first kappa shape index (κ1) is 18.7. The molecule has 3 aromatic rings. The second kappa shape index (κ2) is 8.52. The van der Waals surface area contributed by atoms with Gasteiger partial charge in [0, 0.05) is 10.6 Å². The van der Waals surface area contributed by atoms with Crippen molar-refractivity contribution in [1.29, 1.82) is 0 Å². The average Bonchev–Trinajstić information content (AvgIpc) is 2.69. The lowest BCUT2D eigenvalue weighted by molar-refractivity contribution is 0.0734. The summed E-state index contributed by atoms with van der Waals surface area (Å²) in [6.45, 7) is 1.88. The van der Waals surface area contributed by atoms with Crippen LogP contribution in [-0.4, -0.2) is 11.8 Å². The zero-order valence-corrected chi connectivity index (χ0v) is 15.4. The molecular formula is C22H17ClO4. The number of carbonyl (C=O) groups excluding carboxylic acids is 2. The number of Topliss-reactive ketones (excluding diaryl/α,β-unsaturated/α-hetero) is 1. The molecule has 0 saturated carbocycles. The predicted octanol–water partition coefficient (Wildman–Crippen LogP) is 5.34. The molecule has 27 heavy (non-hydrogen) atoms. The fourth-order valence-corrected chi connectivity index (χ4v) is 2.48. The van der Waals surface area contributed by atoms with Crippen LogP contribution in [-0.2, 0) is 6.61 Å². The van der Waals surface area contributed by atoms with E-state index in [2.05, 4.69) is 0 Å². The minimum atomic E-state index is -0.440. The van der Waals surface area contributed by atoms with Crippen LogP contribution >= 0.6 is 11.6 Å². The van der Waals surface area contributed by atoms with Crippen molar-refractivity contribution in [2.45, 2.75) is 13.5 Å². The summed E-state index contributed by atoms with van der Waals surface area (Å²) in [5, 5.41) is 0.579. The zero-order valence-electron chi connectivity index (χ0n) is 14.6. The Morgan fingerprint density at radius 3 is 1.93 bits per heavy atom. The molecule has 136 valence electrons. The van der Waals surface area contributed by atoms with Crippen molar-refractivity contribution in [3.63, 3.8) is 0 Å². The van der Waals surface area contributed by atoms with Gasteiger partial charge < -0.3 is 9.47 Å². The van der Waals surface area contributed by atoms with Crippen molar-refractivity contribution in [3.05, 3.63) is 94.5 Å². The molecule has 0 aliphatic rings. The summed E-state index contributed by atoms with van der Waals surface area (Å²) < 4.78 is 11.0. The van der Waals surface area contributed by atoms with Crippen LogP contribution in [0.5, 0.6) is 11.5 Å². The number of ketones is 1. The van der Waals surface area contributed by atoms with Gasteiger partial charge in [0.1, 0.15) is 18.1 Å². The Labute approximate surface area is 162 Å². The minimum Gasteiger partial charge on any atom is -0.489 e. The largest absolute Gasteiger partial charge is 0.489 e. The molecule has 0 amide bonds. The molecule has 0 heterocycles. The van der Waals surface area contributed by atoms with Gasteiger partial charge in [0.25, 0.3) is 0 Å². The first-order valence-corrected chi connectivity index (χ1v) is 8.69. The summed E-state index contributed by atoms with van der Waals surface area (Å²) in [6, 6.07) is 20.6. The van der Waals surface area contributed by atoms with E-state index in [1.54, 1.807) is 60.7 Å². The van der Waals surface area contributed by atoms with Crippen LogP contribution in [0.3, 0.4) is 0 Å². The number of benzene rings is 3. The number of hydrogen-bond acceptors (Lipinski definition) is 4. The van der Waals surface area contributed by atoms with Gasteiger partial charge in [-0.3, -0.25) is 4.79 Å². The summed E-state index contributed by atoms with van der Waals surface area (Å²) in [6.07, 6.45) is 0. The average molecular weight is 381 g/mol. The summed E-state index contributed by atoms with van der Waals surface area (Å²) in [5.41, 5.74) is 2.00. The minimum absolute atomic E-state index is 0.0163. The quantitative estimate of drug-likeness (QED) is 0.329. The van der Waals surface area contributed by atoms with E-state index >= 15 is 0 Å². The van der Waals surface area contributed by atoms with Crippen LogP contribution in [0, 0.1) is 0 Å². The Balaban J connectivity index is 1.57. The van der Waals surface area contributed by atoms with Gasteiger partial charge >= 0.3 is 5.97 Å². The third-order valence-corrected chi connectivity index (χ3v) is 4.13. The topological polar surface area (TPSA) is 52.6 Å². The molecule has 4 nitrogen and oxygen atoms in total. The van der Waals surface area contributed by atoms with Crippen molar-refractivity contribution >= 4 is 23.4 Å². The molecule has 0 atom stereocenters. The molecule has 0 bridgehead atoms. The first-order chi connectivity index (χ1) is 13.0. The Kier molecular flexibility index (Phi) is 5.89. The van der Waals surface area contributed by atoms with Gasteiger partial charge in [-0.25, -0.2) is 4.79 Å². The van der Waals surface area contributed by atoms with E-state index in [0.717, 1.165) is 5.56 Å². The van der Waals surface area contributed by atoms with Gasteiger partial charge in [0.2, 0.25) is 0 Å². The van der Waals surface area contributed by atoms with E-state index in [0.29, 0.717) is 34.3 Å². The highest BCUT2D eigenvalue weighted by Crippen LogP contribution is 2.18. The molecule has 0 spiro atoms. The predicted molar refractivity (Wildman–Crippen MR) is 104 cm³/mol. The van der Waals surface area contributed by atoms with Crippen LogP contribution in [0.1, 0.15) is 33.2 Å². The van der Waals surface area contributed by atoms with E-state index in [4.69, 9.17) is 21.1 Å². The second-order valence-corrected chi connectivity index (χ2v) is 6.35. The SMILES string of the molecule is CC(=O)c1ccc(OCc2ccc(C(=O)Oc3ccc(Cl)cc3)cc2)cc1. The highest BCUT2D eigenvalue weighted by Gasteiger charge is 2.09. The van der Waals surface area contributed by atoms with Crippen molar-refractivity contribution in [2.75, 3.05) is 0 Å². The Morgan fingerprint density at radius 2 is 1.33 bits per heavy atom. The third-order valence-electron chi connectivity index (χ3n) is 3.88. The Hall–Kier alpha value is -3.11. The molecule has 0 saturated heterocycles. The number of ether oxygens (including phenoxy) is 2. The monoisotopic (exact) mass is 380 g/mol. The van der Waals surface area contributed by atoms with Crippen LogP contribution in [0.25, 0.3) is 0 Å². The van der Waals surface area contributed by atoms with Crippen LogP contribution in [0.2, 0.25) is 5.02 Å².